The molecule has 0 aromatic carbocycles. The summed E-state index contributed by atoms with van der Waals surface area (Å²) in [6.07, 6.45) is 11.1. The molecule has 1 atom stereocenters. The normalized spacial score (nSPS) is 19.0. The summed E-state index contributed by atoms with van der Waals surface area (Å²) < 4.78 is 2.24. The number of hydrogen-bond donors (Lipinski definition) is 1. The molecule has 1 fully saturated rings. The highest BCUT2D eigenvalue weighted by Crippen LogP contribution is 2.30. The second kappa shape index (κ2) is 7.19. The molecule has 3 nitrogen and oxygen atoms in total. The van der Waals surface area contributed by atoms with Gasteiger partial charge in [-0.15, -0.1) is 0 Å². The van der Waals surface area contributed by atoms with Gasteiger partial charge in [0.05, 0.1) is 6.04 Å². The van der Waals surface area contributed by atoms with Gasteiger partial charge in [-0.1, -0.05) is 19.3 Å². The van der Waals surface area contributed by atoms with Gasteiger partial charge in [-0.2, -0.15) is 11.8 Å². The van der Waals surface area contributed by atoms with Crippen LogP contribution in [0.5, 0.6) is 0 Å². The summed E-state index contributed by atoms with van der Waals surface area (Å²) in [7, 11) is 2.04. The first-order valence-corrected chi connectivity index (χ1v) is 8.20. The molecular weight excluding hydrogens is 242 g/mol. The molecule has 1 heterocycles. The van der Waals surface area contributed by atoms with Gasteiger partial charge in [0.25, 0.3) is 0 Å². The van der Waals surface area contributed by atoms with E-state index in [-0.39, 0.29) is 0 Å². The second-order valence-electron chi connectivity index (χ2n) is 5.01. The lowest BCUT2D eigenvalue weighted by Gasteiger charge is -2.24. The lowest BCUT2D eigenvalue weighted by atomic mass is 10.0. The van der Waals surface area contributed by atoms with Gasteiger partial charge < -0.3 is 9.88 Å². The summed E-state index contributed by atoms with van der Waals surface area (Å²) in [5.41, 5.74) is 0. The number of imidazole rings is 1. The topological polar surface area (TPSA) is 29.9 Å². The zero-order chi connectivity index (χ0) is 12.8. The van der Waals surface area contributed by atoms with Crippen LogP contribution in [0.2, 0.25) is 0 Å². The fourth-order valence-corrected chi connectivity index (χ4v) is 4.10. The molecule has 1 saturated carbocycles. The fraction of sp³-hybridized carbons (Fsp3) is 0.786. The van der Waals surface area contributed by atoms with Crippen molar-refractivity contribution in [3.05, 3.63) is 18.2 Å². The van der Waals surface area contributed by atoms with Gasteiger partial charge >= 0.3 is 0 Å². The Bertz CT molecular complexity index is 345. The van der Waals surface area contributed by atoms with Crippen LogP contribution in [-0.4, -0.2) is 27.6 Å². The van der Waals surface area contributed by atoms with E-state index < -0.39 is 0 Å². The Kier molecular flexibility index (Phi) is 5.57. The SMILES string of the molecule is CCn1ccnc1C(CSC1CCCCC1)NC. The van der Waals surface area contributed by atoms with Crippen LogP contribution < -0.4 is 5.32 Å². The van der Waals surface area contributed by atoms with Crippen molar-refractivity contribution >= 4 is 11.8 Å². The summed E-state index contributed by atoms with van der Waals surface area (Å²) in [4.78, 5) is 4.51. The number of aryl methyl sites for hydroxylation is 1. The van der Waals surface area contributed by atoms with Gasteiger partial charge in [-0.3, -0.25) is 0 Å². The van der Waals surface area contributed by atoms with Crippen LogP contribution in [0.25, 0.3) is 0 Å². The smallest absolute Gasteiger partial charge is 0.126 e. The van der Waals surface area contributed by atoms with Crippen LogP contribution in [0.15, 0.2) is 12.4 Å². The molecule has 0 aliphatic heterocycles. The van der Waals surface area contributed by atoms with Crippen LogP contribution in [0.1, 0.15) is 50.9 Å². The monoisotopic (exact) mass is 267 g/mol. The molecule has 0 bridgehead atoms. The number of nitrogens with one attached hydrogen (secondary N) is 1. The molecule has 0 amide bonds. The predicted molar refractivity (Wildman–Crippen MR) is 79.0 cm³/mol. The van der Waals surface area contributed by atoms with E-state index in [0.29, 0.717) is 6.04 Å². The molecular formula is C14H25N3S. The van der Waals surface area contributed by atoms with Crippen molar-refractivity contribution in [1.82, 2.24) is 14.9 Å². The Labute approximate surface area is 115 Å². The molecule has 18 heavy (non-hydrogen) atoms. The minimum atomic E-state index is 0.381. The number of thioether (sulfide) groups is 1. The van der Waals surface area contributed by atoms with E-state index in [2.05, 4.69) is 39.8 Å². The van der Waals surface area contributed by atoms with Gasteiger partial charge in [0.1, 0.15) is 5.82 Å². The zero-order valence-electron chi connectivity index (χ0n) is 11.6. The number of aromatic nitrogens is 2. The Balaban J connectivity index is 1.88. The average Bonchev–Trinajstić information content (AvgIpc) is 2.89. The third-order valence-electron chi connectivity index (χ3n) is 3.80. The largest absolute Gasteiger partial charge is 0.334 e. The molecule has 0 saturated heterocycles. The van der Waals surface area contributed by atoms with E-state index in [1.165, 1.54) is 37.9 Å². The summed E-state index contributed by atoms with van der Waals surface area (Å²) in [5.74, 6) is 2.32. The Hall–Kier alpha value is -0.480. The van der Waals surface area contributed by atoms with E-state index in [1.807, 2.05) is 13.2 Å². The van der Waals surface area contributed by atoms with Gasteiger partial charge in [-0.25, -0.2) is 4.98 Å². The van der Waals surface area contributed by atoms with Crippen LogP contribution in [0.4, 0.5) is 0 Å². The zero-order valence-corrected chi connectivity index (χ0v) is 12.4. The van der Waals surface area contributed by atoms with Crippen molar-refractivity contribution in [2.45, 2.75) is 56.9 Å². The molecule has 1 N–H and O–H groups in total. The first-order chi connectivity index (χ1) is 8.85. The molecule has 1 aromatic rings. The third kappa shape index (κ3) is 3.51. The molecule has 1 aliphatic carbocycles. The molecule has 4 heteroatoms. The van der Waals surface area contributed by atoms with E-state index in [9.17, 15) is 0 Å². The number of rotatable bonds is 6. The van der Waals surface area contributed by atoms with Gasteiger partial charge in [0, 0.05) is 29.9 Å². The molecule has 0 radical (unpaired) electrons. The maximum absolute atomic E-state index is 4.51. The maximum atomic E-state index is 4.51. The van der Waals surface area contributed by atoms with Crippen molar-refractivity contribution in [1.29, 1.82) is 0 Å². The standard InChI is InChI=1S/C14H25N3S/c1-3-17-10-9-16-14(17)13(15-2)11-18-12-7-5-4-6-8-12/h9-10,12-13,15H,3-8,11H2,1-2H3. The van der Waals surface area contributed by atoms with E-state index >= 15 is 0 Å². The minimum absolute atomic E-state index is 0.381. The van der Waals surface area contributed by atoms with Gasteiger partial charge in [0.15, 0.2) is 0 Å². The molecule has 1 aromatic heterocycles. The lowest BCUT2D eigenvalue weighted by Crippen LogP contribution is -2.24. The molecule has 102 valence electrons. The average molecular weight is 267 g/mol. The molecule has 2 rings (SSSR count). The van der Waals surface area contributed by atoms with E-state index in [1.54, 1.807) is 0 Å². The van der Waals surface area contributed by atoms with Crippen LogP contribution in [0.3, 0.4) is 0 Å². The molecule has 1 aliphatic rings. The first-order valence-electron chi connectivity index (χ1n) is 7.15. The fourth-order valence-electron chi connectivity index (χ4n) is 2.65. The predicted octanol–water partition coefficient (Wildman–Crippen LogP) is 3.23. The minimum Gasteiger partial charge on any atom is -0.334 e. The Morgan fingerprint density at radius 3 is 2.89 bits per heavy atom. The highest BCUT2D eigenvalue weighted by Gasteiger charge is 2.19. The van der Waals surface area contributed by atoms with Crippen LogP contribution >= 0.6 is 11.8 Å². The van der Waals surface area contributed by atoms with Crippen molar-refractivity contribution in [3.8, 4) is 0 Å². The van der Waals surface area contributed by atoms with Crippen molar-refractivity contribution in [3.63, 3.8) is 0 Å². The highest BCUT2D eigenvalue weighted by molar-refractivity contribution is 7.99. The van der Waals surface area contributed by atoms with Crippen LogP contribution in [0, 0.1) is 0 Å². The van der Waals surface area contributed by atoms with Gasteiger partial charge in [0.2, 0.25) is 0 Å². The summed E-state index contributed by atoms with van der Waals surface area (Å²) in [5, 5.41) is 4.29. The Morgan fingerprint density at radius 1 is 1.44 bits per heavy atom. The van der Waals surface area contributed by atoms with E-state index in [0.717, 1.165) is 17.5 Å². The molecule has 0 spiro atoms. The van der Waals surface area contributed by atoms with Gasteiger partial charge in [-0.05, 0) is 26.8 Å². The van der Waals surface area contributed by atoms with E-state index in [4.69, 9.17) is 0 Å². The van der Waals surface area contributed by atoms with Crippen LogP contribution in [-0.2, 0) is 6.54 Å². The maximum Gasteiger partial charge on any atom is 0.126 e. The first kappa shape index (κ1) is 13.9. The Morgan fingerprint density at radius 2 is 2.22 bits per heavy atom. The molecule has 1 unspecified atom stereocenters. The number of hydrogen-bond acceptors (Lipinski definition) is 3. The quantitative estimate of drug-likeness (QED) is 0.858. The van der Waals surface area contributed by atoms with Crippen molar-refractivity contribution in [2.75, 3.05) is 12.8 Å². The number of nitrogens with zero attached hydrogens (tertiary/aromatic N) is 2. The summed E-state index contributed by atoms with van der Waals surface area (Å²) in [6.45, 7) is 3.17. The second-order valence-corrected chi connectivity index (χ2v) is 6.34. The summed E-state index contributed by atoms with van der Waals surface area (Å²) in [6, 6.07) is 0.381. The lowest BCUT2D eigenvalue weighted by molar-refractivity contribution is 0.513. The third-order valence-corrected chi connectivity index (χ3v) is 5.27. The highest BCUT2D eigenvalue weighted by atomic mass is 32.2. The van der Waals surface area contributed by atoms with Crippen molar-refractivity contribution < 1.29 is 0 Å². The van der Waals surface area contributed by atoms with Crippen molar-refractivity contribution in [2.24, 2.45) is 0 Å². The summed E-state index contributed by atoms with van der Waals surface area (Å²) >= 11 is 2.13.